The molecule has 0 aliphatic carbocycles. The van der Waals surface area contributed by atoms with Crippen LogP contribution in [0.25, 0.3) is 0 Å². The third kappa shape index (κ3) is 3.41. The molecule has 0 saturated heterocycles. The molecule has 0 N–H and O–H groups in total. The summed E-state index contributed by atoms with van der Waals surface area (Å²) in [7, 11) is 0. The molecule has 0 amide bonds. The van der Waals surface area contributed by atoms with E-state index in [2.05, 4.69) is 71.7 Å². The first-order valence-electron chi connectivity index (χ1n) is 5.81. The number of aldehydes is 1. The van der Waals surface area contributed by atoms with Crippen LogP contribution in [-0.2, 0) is 4.79 Å². The summed E-state index contributed by atoms with van der Waals surface area (Å²) >= 11 is 7.02. The van der Waals surface area contributed by atoms with Crippen LogP contribution in [0.15, 0.2) is 16.6 Å². The quantitative estimate of drug-likeness (QED) is 0.523. The van der Waals surface area contributed by atoms with Crippen LogP contribution in [0.3, 0.4) is 0 Å². The van der Waals surface area contributed by atoms with Crippen molar-refractivity contribution in [2.45, 2.75) is 44.4 Å². The summed E-state index contributed by atoms with van der Waals surface area (Å²) in [6, 6.07) is 4.23. The zero-order valence-corrected chi connectivity index (χ0v) is 13.8. The van der Waals surface area contributed by atoms with Gasteiger partial charge in [0.05, 0.1) is 4.83 Å². The third-order valence-electron chi connectivity index (χ3n) is 2.85. The maximum absolute atomic E-state index is 11.1. The van der Waals surface area contributed by atoms with Crippen molar-refractivity contribution >= 4 is 38.1 Å². The average Bonchev–Trinajstić information content (AvgIpc) is 2.26. The zero-order valence-electron chi connectivity index (χ0n) is 10.6. The number of hydrogen-bond acceptors (Lipinski definition) is 1. The predicted octanol–water partition coefficient (Wildman–Crippen LogP) is 5.33. The Balaban J connectivity index is 3.52. The molecule has 17 heavy (non-hydrogen) atoms. The number of alkyl halides is 1. The summed E-state index contributed by atoms with van der Waals surface area (Å²) in [5.41, 5.74) is 3.60. The predicted molar refractivity (Wildman–Crippen MR) is 80.1 cm³/mol. The summed E-state index contributed by atoms with van der Waals surface area (Å²) in [6.45, 7) is 8.61. The Hall–Kier alpha value is -0.150. The van der Waals surface area contributed by atoms with Gasteiger partial charge in [-0.05, 0) is 40.7 Å². The average molecular weight is 362 g/mol. The molecule has 0 heterocycles. The van der Waals surface area contributed by atoms with E-state index >= 15 is 0 Å². The highest BCUT2D eigenvalue weighted by Gasteiger charge is 2.20. The van der Waals surface area contributed by atoms with Crippen LogP contribution < -0.4 is 0 Å². The summed E-state index contributed by atoms with van der Waals surface area (Å²) in [5, 5.41) is 0. The molecule has 0 aliphatic rings. The molecule has 0 aliphatic heterocycles. The number of carbonyl (C=O) groups is 1. The molecule has 1 atom stereocenters. The molecular weight excluding hydrogens is 344 g/mol. The lowest BCUT2D eigenvalue weighted by Gasteiger charge is -2.21. The molecule has 0 bridgehead atoms. The van der Waals surface area contributed by atoms with Gasteiger partial charge in [-0.2, -0.15) is 0 Å². The lowest BCUT2D eigenvalue weighted by Crippen LogP contribution is -2.06. The van der Waals surface area contributed by atoms with Gasteiger partial charge in [-0.25, -0.2) is 0 Å². The van der Waals surface area contributed by atoms with Crippen molar-refractivity contribution in [3.05, 3.63) is 33.3 Å². The molecule has 0 fully saturated rings. The van der Waals surface area contributed by atoms with Crippen molar-refractivity contribution < 1.29 is 4.79 Å². The highest BCUT2D eigenvalue weighted by atomic mass is 79.9. The van der Waals surface area contributed by atoms with Gasteiger partial charge in [0.1, 0.15) is 6.29 Å². The number of rotatable bonds is 4. The summed E-state index contributed by atoms with van der Waals surface area (Å²) in [6.07, 6.45) is 0.959. The fourth-order valence-corrected chi connectivity index (χ4v) is 3.02. The van der Waals surface area contributed by atoms with E-state index < -0.39 is 0 Å². The van der Waals surface area contributed by atoms with Crippen molar-refractivity contribution in [1.29, 1.82) is 0 Å². The van der Waals surface area contributed by atoms with Gasteiger partial charge in [-0.1, -0.05) is 59.6 Å². The molecule has 0 radical (unpaired) electrons. The number of hydrogen-bond donors (Lipinski definition) is 0. The molecule has 1 aromatic rings. The maximum atomic E-state index is 11.1. The van der Waals surface area contributed by atoms with Crippen LogP contribution in [0.4, 0.5) is 0 Å². The van der Waals surface area contributed by atoms with Crippen LogP contribution in [0, 0.1) is 0 Å². The lowest BCUT2D eigenvalue weighted by atomic mass is 9.87. The Morgan fingerprint density at radius 2 is 1.47 bits per heavy atom. The highest BCUT2D eigenvalue weighted by Crippen LogP contribution is 2.37. The van der Waals surface area contributed by atoms with E-state index in [1.165, 1.54) is 11.1 Å². The molecule has 3 heteroatoms. The molecule has 1 aromatic carbocycles. The molecule has 0 spiro atoms. The fraction of sp³-hybridized carbons (Fsp3) is 0.500. The Morgan fingerprint density at radius 1 is 1.06 bits per heavy atom. The first-order valence-corrected chi connectivity index (χ1v) is 7.52. The van der Waals surface area contributed by atoms with Gasteiger partial charge in [0, 0.05) is 4.47 Å². The molecule has 1 nitrogen and oxygen atoms in total. The molecule has 94 valence electrons. The second-order valence-electron chi connectivity index (χ2n) is 4.85. The van der Waals surface area contributed by atoms with Gasteiger partial charge in [0.25, 0.3) is 0 Å². The lowest BCUT2D eigenvalue weighted by molar-refractivity contribution is -0.107. The van der Waals surface area contributed by atoms with Crippen molar-refractivity contribution in [2.75, 3.05) is 0 Å². The summed E-state index contributed by atoms with van der Waals surface area (Å²) in [5.74, 6) is 0.806. The van der Waals surface area contributed by atoms with Crippen molar-refractivity contribution in [3.63, 3.8) is 0 Å². The minimum atomic E-state index is -0.217. The van der Waals surface area contributed by atoms with Gasteiger partial charge in [0.2, 0.25) is 0 Å². The van der Waals surface area contributed by atoms with Gasteiger partial charge >= 0.3 is 0 Å². The third-order valence-corrected chi connectivity index (χ3v) is 3.98. The normalized spacial score (nSPS) is 13.2. The van der Waals surface area contributed by atoms with E-state index in [-0.39, 0.29) is 4.83 Å². The van der Waals surface area contributed by atoms with E-state index in [1.807, 2.05) is 0 Å². The van der Waals surface area contributed by atoms with Gasteiger partial charge in [-0.3, -0.25) is 0 Å². The van der Waals surface area contributed by atoms with Crippen molar-refractivity contribution in [3.8, 4) is 0 Å². The van der Waals surface area contributed by atoms with E-state index in [9.17, 15) is 4.79 Å². The first-order chi connectivity index (χ1) is 7.88. The van der Waals surface area contributed by atoms with Crippen LogP contribution >= 0.6 is 31.9 Å². The zero-order chi connectivity index (χ0) is 13.2. The van der Waals surface area contributed by atoms with Crippen LogP contribution in [0.2, 0.25) is 0 Å². The minimum Gasteiger partial charge on any atom is -0.302 e. The summed E-state index contributed by atoms with van der Waals surface area (Å²) in [4.78, 5) is 10.9. The number of carbonyl (C=O) groups excluding carboxylic acids is 1. The largest absolute Gasteiger partial charge is 0.302 e. The van der Waals surface area contributed by atoms with Crippen molar-refractivity contribution in [2.24, 2.45) is 0 Å². The van der Waals surface area contributed by atoms with Crippen LogP contribution in [-0.4, -0.2) is 6.29 Å². The van der Waals surface area contributed by atoms with Gasteiger partial charge in [-0.15, -0.1) is 0 Å². The highest BCUT2D eigenvalue weighted by molar-refractivity contribution is 9.10. The Kier molecular flexibility index (Phi) is 5.39. The Labute approximate surface area is 120 Å². The molecule has 0 aromatic heterocycles. The molecular formula is C14H18Br2O. The number of benzene rings is 1. The smallest absolute Gasteiger partial charge is 0.138 e. The molecule has 0 saturated carbocycles. The van der Waals surface area contributed by atoms with Gasteiger partial charge in [0.15, 0.2) is 0 Å². The van der Waals surface area contributed by atoms with Crippen molar-refractivity contribution in [1.82, 2.24) is 0 Å². The van der Waals surface area contributed by atoms with E-state index in [1.54, 1.807) is 0 Å². The fourth-order valence-electron chi connectivity index (χ4n) is 2.00. The number of halogens is 2. The van der Waals surface area contributed by atoms with Crippen LogP contribution in [0.1, 0.15) is 61.0 Å². The van der Waals surface area contributed by atoms with E-state index in [0.29, 0.717) is 11.8 Å². The van der Waals surface area contributed by atoms with E-state index in [4.69, 9.17) is 0 Å². The second kappa shape index (κ2) is 6.14. The Morgan fingerprint density at radius 3 is 1.76 bits per heavy atom. The van der Waals surface area contributed by atoms with Gasteiger partial charge < -0.3 is 4.79 Å². The topological polar surface area (TPSA) is 17.1 Å². The monoisotopic (exact) mass is 360 g/mol. The molecule has 1 unspecified atom stereocenters. The molecule has 1 rings (SSSR count). The SMILES string of the molecule is CC(C)c1cc(Br)cc(C(C)C)c1C(Br)C=O. The maximum Gasteiger partial charge on any atom is 0.138 e. The minimum absolute atomic E-state index is 0.217. The Bertz CT molecular complexity index is 382. The van der Waals surface area contributed by atoms with Crippen LogP contribution in [0.5, 0.6) is 0 Å². The second-order valence-corrected chi connectivity index (χ2v) is 6.75. The first kappa shape index (κ1) is 14.9. The standard InChI is InChI=1S/C14H18Br2O/c1-8(2)11-5-10(15)6-12(9(3)4)14(11)13(16)7-17/h5-9,13H,1-4H3. The van der Waals surface area contributed by atoms with E-state index in [0.717, 1.165) is 16.3 Å². The summed E-state index contributed by atoms with van der Waals surface area (Å²) < 4.78 is 1.08.